The van der Waals surface area contributed by atoms with Crippen molar-refractivity contribution in [1.29, 1.82) is 0 Å². The Bertz CT molecular complexity index is 858. The van der Waals surface area contributed by atoms with E-state index in [1.165, 1.54) is 22.4 Å². The average Bonchev–Trinajstić information content (AvgIpc) is 2.99. The lowest BCUT2D eigenvalue weighted by Gasteiger charge is -2.11. The number of halogens is 1. The number of sulfonamides is 1. The Balaban J connectivity index is 1.93. The highest BCUT2D eigenvalue weighted by molar-refractivity contribution is 7.90. The van der Waals surface area contributed by atoms with Crippen LogP contribution in [0.5, 0.6) is 0 Å². The number of hydrogen-bond donors (Lipinski definition) is 0. The summed E-state index contributed by atoms with van der Waals surface area (Å²) in [5.41, 5.74) is 0.541. The molecule has 1 aliphatic rings. The van der Waals surface area contributed by atoms with Crippen molar-refractivity contribution in [2.24, 2.45) is 9.50 Å². The molecule has 108 valence electrons. The predicted molar refractivity (Wildman–Crippen MR) is 82.6 cm³/mol. The summed E-state index contributed by atoms with van der Waals surface area (Å²) >= 11 is 7.01. The van der Waals surface area contributed by atoms with Gasteiger partial charge in [0, 0.05) is 18.8 Å². The lowest BCUT2D eigenvalue weighted by Crippen LogP contribution is -2.21. The van der Waals surface area contributed by atoms with Gasteiger partial charge in [-0.25, -0.2) is 9.99 Å². The third-order valence-electron chi connectivity index (χ3n) is 2.77. The highest BCUT2D eigenvalue weighted by Crippen LogP contribution is 2.27. The molecule has 0 saturated carbocycles. The molecule has 0 atom stereocenters. The fourth-order valence-electron chi connectivity index (χ4n) is 1.84. The van der Waals surface area contributed by atoms with Gasteiger partial charge in [0.25, 0.3) is 10.0 Å². The first-order chi connectivity index (χ1) is 9.97. The number of hydrogen-bond acceptors (Lipinski definition) is 6. The first-order valence-electron chi connectivity index (χ1n) is 5.81. The molecule has 0 fully saturated rings. The van der Waals surface area contributed by atoms with Gasteiger partial charge in [0.15, 0.2) is 10.3 Å². The Morgan fingerprint density at radius 3 is 2.86 bits per heavy atom. The molecule has 1 aromatic carbocycles. The zero-order valence-corrected chi connectivity index (χ0v) is 13.2. The monoisotopic (exact) mass is 340 g/mol. The zero-order valence-electron chi connectivity index (χ0n) is 10.8. The number of benzene rings is 1. The van der Waals surface area contributed by atoms with Crippen LogP contribution in [0.3, 0.4) is 0 Å². The predicted octanol–water partition coefficient (Wildman–Crippen LogP) is 2.21. The Morgan fingerprint density at radius 1 is 1.38 bits per heavy atom. The molecule has 9 heteroatoms. The maximum absolute atomic E-state index is 12.0. The lowest BCUT2D eigenvalue weighted by molar-refractivity contribution is 0.549. The van der Waals surface area contributed by atoms with Gasteiger partial charge in [-0.3, -0.25) is 0 Å². The molecule has 2 heterocycles. The van der Waals surface area contributed by atoms with E-state index in [1.807, 2.05) is 0 Å². The van der Waals surface area contributed by atoms with E-state index in [9.17, 15) is 8.42 Å². The van der Waals surface area contributed by atoms with E-state index in [1.54, 1.807) is 37.7 Å². The standard InChI is InChI=1S/C12H9ClN4O2S2/c1-17(15-7-8-6-14-12(13)20-8)11-9-4-2-3-5-10(9)21(18,19)16-11/h2-7H,1H3/b15-7+. The van der Waals surface area contributed by atoms with Crippen LogP contribution in [0.4, 0.5) is 0 Å². The number of thiazole rings is 1. The van der Waals surface area contributed by atoms with Crippen molar-refractivity contribution in [3.63, 3.8) is 0 Å². The molecule has 3 rings (SSSR count). The summed E-state index contributed by atoms with van der Waals surface area (Å²) in [5, 5.41) is 5.59. The molecule has 0 N–H and O–H groups in total. The van der Waals surface area contributed by atoms with Crippen LogP contribution in [-0.4, -0.2) is 37.5 Å². The van der Waals surface area contributed by atoms with E-state index in [4.69, 9.17) is 11.6 Å². The molecule has 21 heavy (non-hydrogen) atoms. The quantitative estimate of drug-likeness (QED) is 0.620. The van der Waals surface area contributed by atoms with Crippen molar-refractivity contribution < 1.29 is 8.42 Å². The van der Waals surface area contributed by atoms with Crippen molar-refractivity contribution >= 4 is 45.0 Å². The summed E-state index contributed by atoms with van der Waals surface area (Å²) in [4.78, 5) is 4.86. The van der Waals surface area contributed by atoms with E-state index in [0.717, 1.165) is 4.88 Å². The van der Waals surface area contributed by atoms with Crippen molar-refractivity contribution in [1.82, 2.24) is 9.99 Å². The van der Waals surface area contributed by atoms with E-state index in [-0.39, 0.29) is 10.7 Å². The lowest BCUT2D eigenvalue weighted by atomic mass is 10.2. The van der Waals surface area contributed by atoms with Crippen molar-refractivity contribution in [3.05, 3.63) is 45.4 Å². The van der Waals surface area contributed by atoms with E-state index in [0.29, 0.717) is 10.0 Å². The molecule has 0 radical (unpaired) electrons. The number of hydrazone groups is 1. The Labute approximate surface area is 130 Å². The molecule has 0 unspecified atom stereocenters. The zero-order chi connectivity index (χ0) is 15.0. The minimum Gasteiger partial charge on any atom is -0.250 e. The van der Waals surface area contributed by atoms with Gasteiger partial charge >= 0.3 is 0 Å². The molecular formula is C12H9ClN4O2S2. The number of aromatic nitrogens is 1. The van der Waals surface area contributed by atoms with Crippen molar-refractivity contribution in [3.8, 4) is 0 Å². The molecule has 0 bridgehead atoms. The second kappa shape index (κ2) is 5.21. The van der Waals surface area contributed by atoms with Gasteiger partial charge in [-0.05, 0) is 12.1 Å². The number of nitrogens with zero attached hydrogens (tertiary/aromatic N) is 4. The summed E-state index contributed by atoms with van der Waals surface area (Å²) in [6.45, 7) is 0. The first-order valence-corrected chi connectivity index (χ1v) is 8.44. The molecular weight excluding hydrogens is 332 g/mol. The van der Waals surface area contributed by atoms with Gasteiger partial charge in [-0.1, -0.05) is 23.7 Å². The molecule has 0 aliphatic carbocycles. The van der Waals surface area contributed by atoms with Gasteiger partial charge < -0.3 is 0 Å². The van der Waals surface area contributed by atoms with Crippen LogP contribution in [0.2, 0.25) is 4.47 Å². The molecule has 0 spiro atoms. The third kappa shape index (κ3) is 2.69. The molecule has 1 aromatic heterocycles. The number of fused-ring (bicyclic) bond motifs is 1. The highest BCUT2D eigenvalue weighted by Gasteiger charge is 2.30. The summed E-state index contributed by atoms with van der Waals surface area (Å²) in [5.74, 6) is 0.289. The van der Waals surface area contributed by atoms with Gasteiger partial charge in [0.1, 0.15) is 4.90 Å². The Morgan fingerprint density at radius 2 is 2.14 bits per heavy atom. The van der Waals surface area contributed by atoms with Crippen LogP contribution in [-0.2, 0) is 10.0 Å². The number of amidine groups is 1. The molecule has 2 aromatic rings. The van der Waals surface area contributed by atoms with Gasteiger partial charge in [0.2, 0.25) is 0 Å². The average molecular weight is 341 g/mol. The second-order valence-corrected chi connectivity index (χ2v) is 7.39. The normalized spacial score (nSPS) is 16.0. The fraction of sp³-hybridized carbons (Fsp3) is 0.0833. The topological polar surface area (TPSA) is 75.0 Å². The van der Waals surface area contributed by atoms with Crippen LogP contribution in [0, 0.1) is 0 Å². The summed E-state index contributed by atoms with van der Waals surface area (Å²) in [6.07, 6.45) is 3.14. The minimum absolute atomic E-state index is 0.197. The molecule has 0 saturated heterocycles. The largest absolute Gasteiger partial charge is 0.285 e. The van der Waals surface area contributed by atoms with Gasteiger partial charge in [-0.2, -0.15) is 13.5 Å². The summed E-state index contributed by atoms with van der Waals surface area (Å²) in [6, 6.07) is 6.66. The Kier molecular flexibility index (Phi) is 3.52. The van der Waals surface area contributed by atoms with Crippen molar-refractivity contribution in [2.45, 2.75) is 4.90 Å². The molecule has 1 aliphatic heterocycles. The van der Waals surface area contributed by atoms with Gasteiger partial charge in [-0.15, -0.1) is 15.7 Å². The fourth-order valence-corrected chi connectivity index (χ4v) is 3.90. The Hall–Kier alpha value is -1.77. The van der Waals surface area contributed by atoms with E-state index in [2.05, 4.69) is 14.5 Å². The van der Waals surface area contributed by atoms with E-state index >= 15 is 0 Å². The first kappa shape index (κ1) is 14.2. The van der Waals surface area contributed by atoms with Gasteiger partial charge in [0.05, 0.1) is 11.1 Å². The smallest absolute Gasteiger partial charge is 0.250 e. The SMILES string of the molecule is CN(/N=C/c1cnc(Cl)s1)C1=NS(=O)(=O)c2ccccc21. The van der Waals surface area contributed by atoms with Crippen LogP contribution in [0.1, 0.15) is 10.4 Å². The number of rotatable bonds is 2. The van der Waals surface area contributed by atoms with Crippen LogP contribution in [0.15, 0.2) is 44.9 Å². The molecule has 6 nitrogen and oxygen atoms in total. The summed E-state index contributed by atoms with van der Waals surface area (Å²) in [7, 11) is -2.00. The minimum atomic E-state index is -3.64. The van der Waals surface area contributed by atoms with Crippen LogP contribution < -0.4 is 0 Å². The maximum Gasteiger partial charge on any atom is 0.285 e. The van der Waals surface area contributed by atoms with E-state index < -0.39 is 10.0 Å². The molecule has 0 amide bonds. The third-order valence-corrected chi connectivity index (χ3v) is 5.15. The van der Waals surface area contributed by atoms with Crippen molar-refractivity contribution in [2.75, 3.05) is 7.05 Å². The maximum atomic E-state index is 12.0. The highest BCUT2D eigenvalue weighted by atomic mass is 35.5. The van der Waals surface area contributed by atoms with Crippen LogP contribution in [0.25, 0.3) is 0 Å². The second-order valence-electron chi connectivity index (χ2n) is 4.17. The summed E-state index contributed by atoms with van der Waals surface area (Å²) < 4.78 is 28.1. The van der Waals surface area contributed by atoms with Crippen LogP contribution >= 0.6 is 22.9 Å².